The monoisotopic (exact) mass is 408 g/mol. The number of alkyl halides is 2. The van der Waals surface area contributed by atoms with E-state index in [9.17, 15) is 23.5 Å². The number of hydrogen-bond donors (Lipinski definition) is 2. The van der Waals surface area contributed by atoms with Crippen molar-refractivity contribution in [3.8, 4) is 11.5 Å². The molecule has 0 unspecified atom stereocenters. The van der Waals surface area contributed by atoms with Crippen molar-refractivity contribution in [2.24, 2.45) is 0 Å². The van der Waals surface area contributed by atoms with Gasteiger partial charge in [0.1, 0.15) is 15.5 Å². The average molecular weight is 408 g/mol. The third-order valence-corrected chi connectivity index (χ3v) is 5.02. The number of benzene rings is 1. The largest absolute Gasteiger partial charge is 0.493 e. The van der Waals surface area contributed by atoms with E-state index in [1.54, 1.807) is 13.0 Å². The molecule has 0 bridgehead atoms. The molecular formula is C18H14F2N2O5S. The van der Waals surface area contributed by atoms with Crippen molar-refractivity contribution in [1.29, 1.82) is 0 Å². The number of methoxy groups -OCH3 is 1. The molecule has 7 nitrogen and oxygen atoms in total. The first-order chi connectivity index (χ1) is 13.3. The highest BCUT2D eigenvalue weighted by molar-refractivity contribution is 7.20. The number of hydrogen-bond acceptors (Lipinski definition) is 6. The predicted molar refractivity (Wildman–Crippen MR) is 100 cm³/mol. The van der Waals surface area contributed by atoms with Gasteiger partial charge in [-0.2, -0.15) is 8.78 Å². The van der Waals surface area contributed by atoms with E-state index in [1.165, 1.54) is 31.4 Å². The number of carboxylic acids is 1. The summed E-state index contributed by atoms with van der Waals surface area (Å²) < 4.78 is 34.2. The fourth-order valence-corrected chi connectivity index (χ4v) is 3.63. The Bertz CT molecular complexity index is 1140. The van der Waals surface area contributed by atoms with E-state index in [0.29, 0.717) is 16.0 Å². The highest BCUT2D eigenvalue weighted by atomic mass is 32.1. The summed E-state index contributed by atoms with van der Waals surface area (Å²) in [5.74, 6) is -0.866. The van der Waals surface area contributed by atoms with E-state index in [4.69, 9.17) is 4.74 Å². The van der Waals surface area contributed by atoms with Crippen LogP contribution >= 0.6 is 11.3 Å². The second kappa shape index (κ2) is 7.77. The molecule has 0 saturated carbocycles. The van der Waals surface area contributed by atoms with E-state index in [-0.39, 0.29) is 27.6 Å². The first-order valence-electron chi connectivity index (χ1n) is 7.87. The van der Waals surface area contributed by atoms with Crippen LogP contribution in [0.2, 0.25) is 0 Å². The number of fused-ring (bicyclic) bond motifs is 1. The predicted octanol–water partition coefficient (Wildman–Crippen LogP) is 3.77. The molecule has 2 aromatic heterocycles. The number of halogens is 2. The van der Waals surface area contributed by atoms with Crippen LogP contribution in [0.4, 0.5) is 8.78 Å². The molecule has 0 spiro atoms. The van der Waals surface area contributed by atoms with Crippen LogP contribution in [0.5, 0.6) is 11.5 Å². The highest BCUT2D eigenvalue weighted by Gasteiger charge is 2.18. The molecule has 0 saturated heterocycles. The maximum Gasteiger partial charge on any atom is 0.387 e. The van der Waals surface area contributed by atoms with Crippen molar-refractivity contribution in [3.05, 3.63) is 50.4 Å². The third kappa shape index (κ3) is 3.86. The molecule has 0 aliphatic rings. The van der Waals surface area contributed by atoms with Crippen LogP contribution in [0.25, 0.3) is 22.4 Å². The van der Waals surface area contributed by atoms with Gasteiger partial charge in [0.05, 0.1) is 12.5 Å². The van der Waals surface area contributed by atoms with Crippen LogP contribution in [0.15, 0.2) is 23.0 Å². The molecule has 28 heavy (non-hydrogen) atoms. The van der Waals surface area contributed by atoms with Gasteiger partial charge in [-0.15, -0.1) is 11.3 Å². The fourth-order valence-electron chi connectivity index (χ4n) is 2.60. The summed E-state index contributed by atoms with van der Waals surface area (Å²) in [6, 6.07) is 4.36. The topological polar surface area (TPSA) is 102 Å². The second-order valence-corrected chi connectivity index (χ2v) is 6.61. The number of aromatic amines is 1. The standard InChI is InChI=1S/C18H14F2N2O5S/c1-8-13-15(23)21-12(22-16(13)28-14(8)17(24)25)6-4-9-3-5-10(27-18(19)20)11(7-9)26-2/h3-7,18H,1-2H3,(H,24,25)(H,21,22,23)/b6-4+. The zero-order valence-electron chi connectivity index (χ0n) is 14.7. The summed E-state index contributed by atoms with van der Waals surface area (Å²) in [7, 11) is 1.33. The lowest BCUT2D eigenvalue weighted by atomic mass is 10.2. The van der Waals surface area contributed by atoms with E-state index in [2.05, 4.69) is 14.7 Å². The summed E-state index contributed by atoms with van der Waals surface area (Å²) in [6.45, 7) is -1.41. The highest BCUT2D eigenvalue weighted by Crippen LogP contribution is 2.30. The van der Waals surface area contributed by atoms with Crippen LogP contribution < -0.4 is 15.0 Å². The molecule has 0 aliphatic heterocycles. The number of carboxylic acid groups (broad SMARTS) is 1. The lowest BCUT2D eigenvalue weighted by Gasteiger charge is -2.10. The zero-order chi connectivity index (χ0) is 20.4. The lowest BCUT2D eigenvalue weighted by molar-refractivity contribution is -0.0512. The van der Waals surface area contributed by atoms with Crippen molar-refractivity contribution in [1.82, 2.24) is 9.97 Å². The first-order valence-corrected chi connectivity index (χ1v) is 8.69. The van der Waals surface area contributed by atoms with E-state index < -0.39 is 18.1 Å². The molecule has 0 atom stereocenters. The van der Waals surface area contributed by atoms with Gasteiger partial charge in [-0.1, -0.05) is 12.1 Å². The Morgan fingerprint density at radius 2 is 2.07 bits per heavy atom. The maximum absolute atomic E-state index is 12.4. The molecule has 146 valence electrons. The summed E-state index contributed by atoms with van der Waals surface area (Å²) in [6.07, 6.45) is 3.11. The van der Waals surface area contributed by atoms with Gasteiger partial charge in [0.15, 0.2) is 11.5 Å². The van der Waals surface area contributed by atoms with Crippen molar-refractivity contribution in [2.45, 2.75) is 13.5 Å². The number of ether oxygens (including phenoxy) is 2. The van der Waals surface area contributed by atoms with Crippen molar-refractivity contribution in [3.63, 3.8) is 0 Å². The number of rotatable bonds is 6. The van der Waals surface area contributed by atoms with E-state index >= 15 is 0 Å². The van der Waals surface area contributed by atoms with Gasteiger partial charge < -0.3 is 19.6 Å². The minimum Gasteiger partial charge on any atom is -0.493 e. The molecule has 0 radical (unpaired) electrons. The van der Waals surface area contributed by atoms with Crippen LogP contribution in [0, 0.1) is 6.92 Å². The molecule has 0 aliphatic carbocycles. The molecule has 3 rings (SSSR count). The van der Waals surface area contributed by atoms with E-state index in [1.807, 2.05) is 0 Å². The second-order valence-electron chi connectivity index (χ2n) is 5.61. The molecule has 0 fully saturated rings. The molecule has 2 heterocycles. The Hall–Kier alpha value is -3.27. The summed E-state index contributed by atoms with van der Waals surface area (Å²) in [4.78, 5) is 30.8. The van der Waals surface area contributed by atoms with E-state index in [0.717, 1.165) is 11.3 Å². The number of aromatic carboxylic acids is 1. The van der Waals surface area contributed by atoms with Crippen molar-refractivity contribution < 1.29 is 28.2 Å². The number of carbonyl (C=O) groups is 1. The van der Waals surface area contributed by atoms with Gasteiger partial charge in [-0.3, -0.25) is 4.79 Å². The van der Waals surface area contributed by atoms with Crippen molar-refractivity contribution >= 4 is 39.7 Å². The van der Waals surface area contributed by atoms with Gasteiger partial charge >= 0.3 is 12.6 Å². The SMILES string of the molecule is COc1cc(/C=C/c2nc3sc(C(=O)O)c(C)c3c(=O)[nH]2)ccc1OC(F)F. The number of aromatic nitrogens is 2. The normalized spacial score (nSPS) is 11.5. The Morgan fingerprint density at radius 3 is 2.71 bits per heavy atom. The molecule has 2 N–H and O–H groups in total. The molecule has 0 amide bonds. The molecule has 1 aromatic carbocycles. The molecule has 3 aromatic rings. The van der Waals surface area contributed by atoms with Gasteiger partial charge in [0.2, 0.25) is 0 Å². The number of H-pyrrole nitrogens is 1. The summed E-state index contributed by atoms with van der Waals surface area (Å²) >= 11 is 0.924. The summed E-state index contributed by atoms with van der Waals surface area (Å²) in [5, 5.41) is 9.44. The van der Waals surface area contributed by atoms with Gasteiger partial charge in [-0.25, -0.2) is 9.78 Å². The number of thiophene rings is 1. The first kappa shape index (κ1) is 19.5. The van der Waals surface area contributed by atoms with Crippen LogP contribution in [-0.4, -0.2) is 34.8 Å². The van der Waals surface area contributed by atoms with Crippen LogP contribution in [-0.2, 0) is 0 Å². The molecular weight excluding hydrogens is 394 g/mol. The van der Waals surface area contributed by atoms with Crippen LogP contribution in [0.1, 0.15) is 26.6 Å². The minimum atomic E-state index is -2.97. The average Bonchev–Trinajstić information content (AvgIpc) is 2.97. The lowest BCUT2D eigenvalue weighted by Crippen LogP contribution is -2.09. The van der Waals surface area contributed by atoms with Crippen LogP contribution in [0.3, 0.4) is 0 Å². The number of nitrogens with zero attached hydrogens (tertiary/aromatic N) is 1. The Kier molecular flexibility index (Phi) is 5.41. The Balaban J connectivity index is 1.95. The Labute approximate surface area is 160 Å². The summed E-state index contributed by atoms with van der Waals surface area (Å²) in [5.41, 5.74) is 0.523. The minimum absolute atomic E-state index is 0.0634. The fraction of sp³-hybridized carbons (Fsp3) is 0.167. The zero-order valence-corrected chi connectivity index (χ0v) is 15.5. The number of aryl methyl sites for hydroxylation is 1. The van der Waals surface area contributed by atoms with Gasteiger partial charge in [0, 0.05) is 0 Å². The smallest absolute Gasteiger partial charge is 0.387 e. The third-order valence-electron chi connectivity index (χ3n) is 3.85. The molecule has 10 heteroatoms. The number of nitrogens with one attached hydrogen (secondary N) is 1. The van der Waals surface area contributed by atoms with Crippen molar-refractivity contribution in [2.75, 3.05) is 7.11 Å². The van der Waals surface area contributed by atoms with Gasteiger partial charge in [-0.05, 0) is 36.3 Å². The maximum atomic E-state index is 12.4. The quantitative estimate of drug-likeness (QED) is 0.644. The Morgan fingerprint density at radius 1 is 1.32 bits per heavy atom. The van der Waals surface area contributed by atoms with Gasteiger partial charge in [0.25, 0.3) is 5.56 Å².